The van der Waals surface area contributed by atoms with E-state index in [1.54, 1.807) is 24.3 Å². The highest BCUT2D eigenvalue weighted by molar-refractivity contribution is 5.93. The molecule has 0 radical (unpaired) electrons. The number of esters is 2. The van der Waals surface area contributed by atoms with Gasteiger partial charge in [0.05, 0.1) is 24.3 Å². The van der Waals surface area contributed by atoms with Crippen molar-refractivity contribution in [2.75, 3.05) is 52.5 Å². The van der Waals surface area contributed by atoms with Gasteiger partial charge in [-0.05, 0) is 102 Å². The van der Waals surface area contributed by atoms with Crippen molar-refractivity contribution >= 4 is 11.9 Å². The summed E-state index contributed by atoms with van der Waals surface area (Å²) in [4.78, 5) is 30.2. The van der Waals surface area contributed by atoms with Crippen molar-refractivity contribution in [1.29, 1.82) is 0 Å². The van der Waals surface area contributed by atoms with E-state index in [0.29, 0.717) is 24.3 Å². The summed E-state index contributed by atoms with van der Waals surface area (Å²) in [6.07, 6.45) is 39.9. The number of hydrogen-bond donors (Lipinski definition) is 0. The molecule has 0 aliphatic rings. The van der Waals surface area contributed by atoms with Crippen molar-refractivity contribution in [3.63, 3.8) is 0 Å². The van der Waals surface area contributed by atoms with Gasteiger partial charge in [-0.1, -0.05) is 182 Å². The zero-order chi connectivity index (χ0) is 40.6. The van der Waals surface area contributed by atoms with Gasteiger partial charge in [-0.25, -0.2) is 9.59 Å². The predicted octanol–water partition coefficient (Wildman–Crippen LogP) is 14.4. The first-order valence-corrected chi connectivity index (χ1v) is 24.4. The third kappa shape index (κ3) is 31.1. The Bertz CT molecular complexity index is 920. The van der Waals surface area contributed by atoms with Crippen LogP contribution in [0.4, 0.5) is 0 Å². The van der Waals surface area contributed by atoms with Crippen molar-refractivity contribution in [1.82, 2.24) is 9.80 Å². The molecule has 0 saturated carbocycles. The second-order valence-electron chi connectivity index (χ2n) is 16.6. The predicted molar refractivity (Wildman–Crippen MR) is 241 cm³/mol. The molecule has 0 aromatic heterocycles. The first-order valence-electron chi connectivity index (χ1n) is 24.4. The zero-order valence-corrected chi connectivity index (χ0v) is 37.7. The minimum Gasteiger partial charge on any atom is -0.462 e. The minimum atomic E-state index is -0.330. The average Bonchev–Trinajstić information content (AvgIpc) is 3.22. The lowest BCUT2D eigenvalue weighted by Gasteiger charge is -2.20. The third-order valence-corrected chi connectivity index (χ3v) is 11.6. The molecule has 1 rings (SSSR count). The van der Waals surface area contributed by atoms with E-state index in [0.717, 1.165) is 51.9 Å². The number of nitrogens with zero attached hydrogens (tertiary/aromatic N) is 2. The molecule has 0 N–H and O–H groups in total. The van der Waals surface area contributed by atoms with Crippen molar-refractivity contribution in [3.05, 3.63) is 35.4 Å². The Hall–Kier alpha value is -1.92. The van der Waals surface area contributed by atoms with Crippen molar-refractivity contribution in [2.45, 2.75) is 220 Å². The molecule has 0 amide bonds. The number of carbonyl (C=O) groups excluding carboxylic acids is 2. The zero-order valence-electron chi connectivity index (χ0n) is 37.7. The maximum Gasteiger partial charge on any atom is 0.338 e. The molecule has 6 nitrogen and oxygen atoms in total. The Morgan fingerprint density at radius 3 is 0.839 bits per heavy atom. The number of ether oxygens (including phenoxy) is 2. The fourth-order valence-corrected chi connectivity index (χ4v) is 7.68. The van der Waals surface area contributed by atoms with Gasteiger partial charge in [0.1, 0.15) is 0 Å². The third-order valence-electron chi connectivity index (χ3n) is 11.6. The molecule has 0 heterocycles. The summed E-state index contributed by atoms with van der Waals surface area (Å²) in [6.45, 7) is 16.5. The molecule has 0 saturated heterocycles. The van der Waals surface area contributed by atoms with Crippen LogP contribution < -0.4 is 0 Å². The fraction of sp³-hybridized carbons (Fsp3) is 0.840. The Labute approximate surface area is 348 Å². The molecular weight excluding hydrogens is 693 g/mol. The molecule has 0 aliphatic carbocycles. The first kappa shape index (κ1) is 52.1. The number of benzene rings is 1. The van der Waals surface area contributed by atoms with Crippen LogP contribution in [0.15, 0.2) is 24.3 Å². The molecule has 1 aromatic carbocycles. The summed E-state index contributed by atoms with van der Waals surface area (Å²) in [7, 11) is 0. The number of carbonyl (C=O) groups is 2. The molecule has 0 atom stereocenters. The lowest BCUT2D eigenvalue weighted by Crippen LogP contribution is -2.26. The van der Waals surface area contributed by atoms with E-state index in [-0.39, 0.29) is 11.9 Å². The van der Waals surface area contributed by atoms with Gasteiger partial charge in [-0.3, -0.25) is 0 Å². The molecule has 1 aromatic rings. The van der Waals surface area contributed by atoms with Gasteiger partial charge in [0.2, 0.25) is 0 Å². The van der Waals surface area contributed by atoms with Crippen molar-refractivity contribution in [2.24, 2.45) is 0 Å². The summed E-state index contributed by atoms with van der Waals surface area (Å²) in [5, 5.41) is 0. The van der Waals surface area contributed by atoms with Crippen LogP contribution in [0.5, 0.6) is 0 Å². The molecule has 0 spiro atoms. The lowest BCUT2D eigenvalue weighted by molar-refractivity contribution is 0.0480. The highest BCUT2D eigenvalue weighted by Crippen LogP contribution is 2.15. The van der Waals surface area contributed by atoms with E-state index in [1.807, 2.05) is 0 Å². The van der Waals surface area contributed by atoms with Crippen LogP contribution in [-0.2, 0) is 9.47 Å². The lowest BCUT2D eigenvalue weighted by atomic mass is 10.0. The smallest absolute Gasteiger partial charge is 0.338 e. The Morgan fingerprint density at radius 1 is 0.357 bits per heavy atom. The van der Waals surface area contributed by atoms with E-state index < -0.39 is 0 Å². The average molecular weight is 785 g/mol. The van der Waals surface area contributed by atoms with Gasteiger partial charge in [-0.15, -0.1) is 0 Å². The summed E-state index contributed by atoms with van der Waals surface area (Å²) in [5.74, 6) is -0.660. The summed E-state index contributed by atoms with van der Waals surface area (Å²) in [5.41, 5.74) is 0.949. The summed E-state index contributed by atoms with van der Waals surface area (Å²) >= 11 is 0. The topological polar surface area (TPSA) is 59.1 Å². The molecule has 0 unspecified atom stereocenters. The second-order valence-corrected chi connectivity index (χ2v) is 16.6. The van der Waals surface area contributed by atoms with Crippen LogP contribution in [0.3, 0.4) is 0 Å². The number of unbranched alkanes of at least 4 members (excludes halogenated alkanes) is 26. The van der Waals surface area contributed by atoms with Crippen LogP contribution in [0.25, 0.3) is 0 Å². The van der Waals surface area contributed by atoms with E-state index in [4.69, 9.17) is 9.47 Å². The van der Waals surface area contributed by atoms with Crippen LogP contribution >= 0.6 is 0 Å². The Morgan fingerprint density at radius 2 is 0.589 bits per heavy atom. The van der Waals surface area contributed by atoms with Gasteiger partial charge in [0.15, 0.2) is 0 Å². The Balaban J connectivity index is 2.04. The molecular formula is C50H92N2O4. The molecule has 6 heteroatoms. The maximum atomic E-state index is 12.6. The first-order chi connectivity index (χ1) is 27.5. The van der Waals surface area contributed by atoms with Gasteiger partial charge in [0, 0.05) is 0 Å². The minimum absolute atomic E-state index is 0.330. The van der Waals surface area contributed by atoms with Crippen LogP contribution in [-0.4, -0.2) is 74.2 Å². The van der Waals surface area contributed by atoms with E-state index >= 15 is 0 Å². The van der Waals surface area contributed by atoms with Gasteiger partial charge in [-0.2, -0.15) is 0 Å². The maximum absolute atomic E-state index is 12.6. The van der Waals surface area contributed by atoms with Crippen LogP contribution in [0, 0.1) is 0 Å². The molecule has 326 valence electrons. The standard InChI is InChI=1S/C50H92N2O4/c1-5-9-11-13-15-17-19-21-23-25-27-29-31-41-51(7-3)43-33-35-45-55-49(53)47-37-39-48(40-38-47)50(54)56-46-36-34-44-52(8-4)42-32-30-28-26-24-22-20-18-16-14-12-10-6-2/h37-40H,5-36,41-46H2,1-4H3. The molecule has 56 heavy (non-hydrogen) atoms. The summed E-state index contributed by atoms with van der Waals surface area (Å²) in [6, 6.07) is 6.68. The SMILES string of the molecule is CCCCCCCCCCCCCCCN(CC)CCCCOC(=O)c1ccc(C(=O)OCCCCN(CC)CCCCCCCCCCCCCCC)cc1. The van der Waals surface area contributed by atoms with Gasteiger partial charge < -0.3 is 19.3 Å². The molecule has 0 fully saturated rings. The Kier molecular flexibility index (Phi) is 37.1. The van der Waals surface area contributed by atoms with Crippen LogP contribution in [0.1, 0.15) is 241 Å². The van der Waals surface area contributed by atoms with Crippen molar-refractivity contribution < 1.29 is 19.1 Å². The van der Waals surface area contributed by atoms with Crippen molar-refractivity contribution in [3.8, 4) is 0 Å². The quantitative estimate of drug-likeness (QED) is 0.0486. The monoisotopic (exact) mass is 785 g/mol. The normalized spacial score (nSPS) is 11.5. The van der Waals surface area contributed by atoms with E-state index in [2.05, 4.69) is 37.5 Å². The molecule has 0 bridgehead atoms. The summed E-state index contributed by atoms with van der Waals surface area (Å²) < 4.78 is 11.1. The molecule has 0 aliphatic heterocycles. The highest BCUT2D eigenvalue weighted by Gasteiger charge is 2.12. The largest absolute Gasteiger partial charge is 0.462 e. The van der Waals surface area contributed by atoms with E-state index in [1.165, 1.54) is 180 Å². The van der Waals surface area contributed by atoms with Gasteiger partial charge in [0.25, 0.3) is 0 Å². The van der Waals surface area contributed by atoms with E-state index in [9.17, 15) is 9.59 Å². The number of rotatable bonds is 42. The second kappa shape index (κ2) is 39.9. The number of hydrogen-bond acceptors (Lipinski definition) is 6. The fourth-order valence-electron chi connectivity index (χ4n) is 7.68. The highest BCUT2D eigenvalue weighted by atomic mass is 16.5. The van der Waals surface area contributed by atoms with Gasteiger partial charge >= 0.3 is 11.9 Å². The van der Waals surface area contributed by atoms with Crippen LogP contribution in [0.2, 0.25) is 0 Å².